The zero-order valence-corrected chi connectivity index (χ0v) is 9.03. The molecule has 0 aromatic rings. The van der Waals surface area contributed by atoms with Gasteiger partial charge < -0.3 is 15.7 Å². The van der Waals surface area contributed by atoms with Crippen molar-refractivity contribution < 1.29 is 14.7 Å². The van der Waals surface area contributed by atoms with Crippen LogP contribution in [0.3, 0.4) is 0 Å². The molecule has 5 heteroatoms. The van der Waals surface area contributed by atoms with E-state index in [1.807, 2.05) is 0 Å². The number of nitrogens with one attached hydrogen (secondary N) is 2. The molecule has 88 valence electrons. The minimum atomic E-state index is -0.782. The third kappa shape index (κ3) is 3.81. The van der Waals surface area contributed by atoms with E-state index >= 15 is 0 Å². The Bertz CT molecular complexity index is 309. The van der Waals surface area contributed by atoms with E-state index in [0.29, 0.717) is 12.8 Å². The van der Waals surface area contributed by atoms with Crippen LogP contribution in [0.5, 0.6) is 0 Å². The number of urea groups is 1. The van der Waals surface area contributed by atoms with Gasteiger partial charge in [-0.1, -0.05) is 12.3 Å². The molecule has 0 aliphatic heterocycles. The molecule has 2 amide bonds. The lowest BCUT2D eigenvalue weighted by molar-refractivity contribution is -0.143. The summed E-state index contributed by atoms with van der Waals surface area (Å²) in [5, 5.41) is 14.1. The summed E-state index contributed by atoms with van der Waals surface area (Å²) < 4.78 is 0. The largest absolute Gasteiger partial charge is 0.481 e. The number of carboxylic acids is 1. The van der Waals surface area contributed by atoms with Crippen LogP contribution in [-0.4, -0.2) is 29.7 Å². The molecule has 1 rings (SSSR count). The third-order valence-corrected chi connectivity index (χ3v) is 2.71. The van der Waals surface area contributed by atoms with Crippen LogP contribution in [0.15, 0.2) is 0 Å². The number of hydrogen-bond acceptors (Lipinski definition) is 2. The average Bonchev–Trinajstić information content (AvgIpc) is 2.26. The van der Waals surface area contributed by atoms with Crippen molar-refractivity contribution in [3.8, 4) is 12.3 Å². The minimum Gasteiger partial charge on any atom is -0.481 e. The molecular weight excluding hydrogens is 208 g/mol. The Hall–Kier alpha value is -1.70. The van der Waals surface area contributed by atoms with Crippen molar-refractivity contribution in [3.05, 3.63) is 0 Å². The standard InChI is InChI=1S/C11H16N2O3/c1-2-6-12-11(16)13-9-5-3-4-8(7-9)10(14)15/h1,8-9H,3-7H2,(H,14,15)(H2,12,13,16). The summed E-state index contributed by atoms with van der Waals surface area (Å²) >= 11 is 0. The Morgan fingerprint density at radius 1 is 1.44 bits per heavy atom. The van der Waals surface area contributed by atoms with Gasteiger partial charge >= 0.3 is 12.0 Å². The van der Waals surface area contributed by atoms with Crippen LogP contribution in [0.4, 0.5) is 4.79 Å². The molecule has 2 unspecified atom stereocenters. The van der Waals surface area contributed by atoms with Crippen LogP contribution >= 0.6 is 0 Å². The predicted octanol–water partition coefficient (Wildman–Crippen LogP) is 0.562. The van der Waals surface area contributed by atoms with Gasteiger partial charge in [-0.2, -0.15) is 0 Å². The maximum Gasteiger partial charge on any atom is 0.315 e. The molecule has 16 heavy (non-hydrogen) atoms. The van der Waals surface area contributed by atoms with Crippen LogP contribution in [0.1, 0.15) is 25.7 Å². The predicted molar refractivity (Wildman–Crippen MR) is 58.7 cm³/mol. The molecule has 0 bridgehead atoms. The fourth-order valence-corrected chi connectivity index (χ4v) is 1.91. The van der Waals surface area contributed by atoms with Crippen LogP contribution in [-0.2, 0) is 4.79 Å². The molecule has 0 radical (unpaired) electrons. The van der Waals surface area contributed by atoms with E-state index < -0.39 is 5.97 Å². The number of carbonyl (C=O) groups is 2. The Balaban J connectivity index is 2.34. The Kier molecular flexibility index (Phi) is 4.65. The lowest BCUT2D eigenvalue weighted by Crippen LogP contribution is -2.45. The molecule has 0 aromatic heterocycles. The second-order valence-corrected chi connectivity index (χ2v) is 3.93. The Labute approximate surface area is 94.6 Å². The number of rotatable bonds is 3. The maximum atomic E-state index is 11.3. The Morgan fingerprint density at radius 3 is 2.81 bits per heavy atom. The first-order valence-corrected chi connectivity index (χ1v) is 5.34. The van der Waals surface area contributed by atoms with Crippen molar-refractivity contribution in [2.75, 3.05) is 6.54 Å². The first-order chi connectivity index (χ1) is 7.63. The van der Waals surface area contributed by atoms with Gasteiger partial charge in [0, 0.05) is 6.04 Å². The van der Waals surface area contributed by atoms with Gasteiger partial charge in [-0.3, -0.25) is 4.79 Å². The molecule has 3 N–H and O–H groups in total. The zero-order valence-electron chi connectivity index (χ0n) is 9.03. The highest BCUT2D eigenvalue weighted by Gasteiger charge is 2.27. The van der Waals surface area contributed by atoms with Crippen molar-refractivity contribution in [3.63, 3.8) is 0 Å². The number of amides is 2. The van der Waals surface area contributed by atoms with E-state index in [4.69, 9.17) is 11.5 Å². The number of hydrogen-bond donors (Lipinski definition) is 3. The lowest BCUT2D eigenvalue weighted by atomic mass is 9.86. The second-order valence-electron chi connectivity index (χ2n) is 3.93. The molecule has 5 nitrogen and oxygen atoms in total. The Morgan fingerprint density at radius 2 is 2.19 bits per heavy atom. The van der Waals surface area contributed by atoms with E-state index in [1.165, 1.54) is 0 Å². The first kappa shape index (κ1) is 12.4. The van der Waals surface area contributed by atoms with Gasteiger partial charge in [0.2, 0.25) is 0 Å². The molecule has 0 saturated heterocycles. The van der Waals surface area contributed by atoms with Crippen molar-refractivity contribution in [1.82, 2.24) is 10.6 Å². The fourth-order valence-electron chi connectivity index (χ4n) is 1.91. The summed E-state index contributed by atoms with van der Waals surface area (Å²) in [4.78, 5) is 22.1. The SMILES string of the molecule is C#CCNC(=O)NC1CCCC(C(=O)O)C1. The first-order valence-electron chi connectivity index (χ1n) is 5.34. The van der Waals surface area contributed by atoms with Crippen molar-refractivity contribution >= 4 is 12.0 Å². The van der Waals surface area contributed by atoms with Crippen LogP contribution in [0.25, 0.3) is 0 Å². The summed E-state index contributed by atoms with van der Waals surface area (Å²) in [5.41, 5.74) is 0. The second kappa shape index (κ2) is 6.01. The molecule has 0 spiro atoms. The van der Waals surface area contributed by atoms with Crippen LogP contribution < -0.4 is 10.6 Å². The third-order valence-electron chi connectivity index (χ3n) is 2.71. The molecule has 0 aromatic carbocycles. The van der Waals surface area contributed by atoms with Gasteiger partial charge in [-0.05, 0) is 19.3 Å². The molecule has 2 atom stereocenters. The maximum absolute atomic E-state index is 11.3. The molecule has 0 heterocycles. The van der Waals surface area contributed by atoms with E-state index in [-0.39, 0.29) is 24.5 Å². The van der Waals surface area contributed by atoms with E-state index in [9.17, 15) is 9.59 Å². The average molecular weight is 224 g/mol. The van der Waals surface area contributed by atoms with Crippen LogP contribution in [0.2, 0.25) is 0 Å². The fraction of sp³-hybridized carbons (Fsp3) is 0.636. The monoisotopic (exact) mass is 224 g/mol. The zero-order chi connectivity index (χ0) is 12.0. The highest BCUT2D eigenvalue weighted by atomic mass is 16.4. The van der Waals surface area contributed by atoms with Crippen LogP contribution in [0, 0.1) is 18.3 Å². The van der Waals surface area contributed by atoms with Gasteiger partial charge in [-0.25, -0.2) is 4.79 Å². The number of aliphatic carboxylic acids is 1. The molecule has 1 aliphatic rings. The topological polar surface area (TPSA) is 78.4 Å². The van der Waals surface area contributed by atoms with E-state index in [0.717, 1.165) is 12.8 Å². The molecular formula is C11H16N2O3. The molecule has 1 fully saturated rings. The highest BCUT2D eigenvalue weighted by Crippen LogP contribution is 2.24. The van der Waals surface area contributed by atoms with Gasteiger partial charge in [-0.15, -0.1) is 6.42 Å². The summed E-state index contributed by atoms with van der Waals surface area (Å²) in [6.07, 6.45) is 7.85. The van der Waals surface area contributed by atoms with Crippen molar-refractivity contribution in [2.45, 2.75) is 31.7 Å². The van der Waals surface area contributed by atoms with Gasteiger partial charge in [0.15, 0.2) is 0 Å². The van der Waals surface area contributed by atoms with E-state index in [2.05, 4.69) is 16.6 Å². The van der Waals surface area contributed by atoms with E-state index in [1.54, 1.807) is 0 Å². The number of carbonyl (C=O) groups excluding carboxylic acids is 1. The highest BCUT2D eigenvalue weighted by molar-refractivity contribution is 5.75. The van der Waals surface area contributed by atoms with Crippen molar-refractivity contribution in [1.29, 1.82) is 0 Å². The van der Waals surface area contributed by atoms with Gasteiger partial charge in [0.1, 0.15) is 0 Å². The molecule has 1 saturated carbocycles. The molecule has 1 aliphatic carbocycles. The summed E-state index contributed by atoms with van der Waals surface area (Å²) in [6.45, 7) is 0.181. The number of terminal acetylenes is 1. The van der Waals surface area contributed by atoms with Gasteiger partial charge in [0.05, 0.1) is 12.5 Å². The lowest BCUT2D eigenvalue weighted by Gasteiger charge is -2.27. The quantitative estimate of drug-likeness (QED) is 0.613. The summed E-state index contributed by atoms with van der Waals surface area (Å²) in [7, 11) is 0. The summed E-state index contributed by atoms with van der Waals surface area (Å²) in [5.74, 6) is 1.17. The minimum absolute atomic E-state index is 0.0624. The van der Waals surface area contributed by atoms with Gasteiger partial charge in [0.25, 0.3) is 0 Å². The van der Waals surface area contributed by atoms with Crippen molar-refractivity contribution in [2.24, 2.45) is 5.92 Å². The normalized spacial score (nSPS) is 24.2. The number of carboxylic acid groups (broad SMARTS) is 1. The smallest absolute Gasteiger partial charge is 0.315 e. The summed E-state index contributed by atoms with van der Waals surface area (Å²) in [6, 6.07) is -0.387.